The molecule has 0 saturated carbocycles. The van der Waals surface area contributed by atoms with E-state index in [0.717, 1.165) is 27.8 Å². The lowest BCUT2D eigenvalue weighted by molar-refractivity contribution is 0.0893. The van der Waals surface area contributed by atoms with Crippen molar-refractivity contribution < 1.29 is 9.59 Å². The molecule has 4 nitrogen and oxygen atoms in total. The van der Waals surface area contributed by atoms with Crippen LogP contribution in [0.2, 0.25) is 0 Å². The van der Waals surface area contributed by atoms with Crippen molar-refractivity contribution in [1.82, 2.24) is 0 Å². The molecule has 0 aliphatic carbocycles. The molecule has 2 amide bonds. The summed E-state index contributed by atoms with van der Waals surface area (Å²) in [6.45, 7) is 0. The van der Waals surface area contributed by atoms with E-state index in [4.69, 9.17) is 0 Å². The minimum Gasteiger partial charge on any atom is -0.311 e. The smallest absolute Gasteiger partial charge is 0.265 e. The van der Waals surface area contributed by atoms with Gasteiger partial charge in [-0.25, -0.2) is 4.90 Å². The SMILES string of the molecule is O=C1c2cccc3cccc(c23)C(=O)N1c1ccc(N(c2ccccc2)c2ccccc2)cc1. The molecule has 1 aliphatic heterocycles. The Balaban J connectivity index is 1.42. The molecule has 1 aliphatic rings. The molecule has 0 saturated heterocycles. The number of imide groups is 1. The van der Waals surface area contributed by atoms with Gasteiger partial charge in [0.1, 0.15) is 0 Å². The molecule has 4 heteroatoms. The third-order valence-corrected chi connectivity index (χ3v) is 6.17. The molecule has 0 spiro atoms. The molecular formula is C30H20N2O2. The summed E-state index contributed by atoms with van der Waals surface area (Å²) >= 11 is 0. The summed E-state index contributed by atoms with van der Waals surface area (Å²) in [7, 11) is 0. The number of benzene rings is 5. The molecule has 0 aromatic heterocycles. The van der Waals surface area contributed by atoms with Crippen LogP contribution in [0.5, 0.6) is 0 Å². The number of amides is 2. The highest BCUT2D eigenvalue weighted by atomic mass is 16.2. The Kier molecular flexibility index (Phi) is 4.70. The minimum absolute atomic E-state index is 0.301. The van der Waals surface area contributed by atoms with E-state index in [0.29, 0.717) is 16.8 Å². The van der Waals surface area contributed by atoms with Gasteiger partial charge in [-0.05, 0) is 66.0 Å². The summed E-state index contributed by atoms with van der Waals surface area (Å²) in [6, 6.07) is 38.9. The Morgan fingerprint density at radius 1 is 0.471 bits per heavy atom. The van der Waals surface area contributed by atoms with Gasteiger partial charge in [-0.2, -0.15) is 0 Å². The second-order valence-corrected chi connectivity index (χ2v) is 8.18. The van der Waals surface area contributed by atoms with Gasteiger partial charge < -0.3 is 4.90 Å². The van der Waals surface area contributed by atoms with E-state index in [1.165, 1.54) is 4.90 Å². The van der Waals surface area contributed by atoms with Crippen molar-refractivity contribution in [3.8, 4) is 0 Å². The average molecular weight is 441 g/mol. The second-order valence-electron chi connectivity index (χ2n) is 8.18. The zero-order valence-electron chi connectivity index (χ0n) is 18.3. The van der Waals surface area contributed by atoms with E-state index in [-0.39, 0.29) is 11.8 Å². The van der Waals surface area contributed by atoms with E-state index in [1.54, 1.807) is 12.1 Å². The maximum atomic E-state index is 13.4. The predicted molar refractivity (Wildman–Crippen MR) is 136 cm³/mol. The lowest BCUT2D eigenvalue weighted by Crippen LogP contribution is -2.40. The summed E-state index contributed by atoms with van der Waals surface area (Å²) in [5.41, 5.74) is 4.62. The standard InChI is InChI=1S/C30H20N2O2/c33-29-26-15-7-9-21-10-8-16-27(28(21)26)30(34)32(29)25-19-17-24(18-20-25)31(22-11-3-1-4-12-22)23-13-5-2-6-14-23/h1-20H. The predicted octanol–water partition coefficient (Wildman–Crippen LogP) is 7.11. The Bertz CT molecular complexity index is 1440. The fourth-order valence-corrected chi connectivity index (χ4v) is 4.62. The van der Waals surface area contributed by atoms with Gasteiger partial charge in [-0.3, -0.25) is 9.59 Å². The molecular weight excluding hydrogens is 420 g/mol. The molecule has 162 valence electrons. The summed E-state index contributed by atoms with van der Waals surface area (Å²) < 4.78 is 0. The maximum absolute atomic E-state index is 13.4. The third-order valence-electron chi connectivity index (χ3n) is 6.17. The first kappa shape index (κ1) is 19.9. The largest absolute Gasteiger partial charge is 0.311 e. The van der Waals surface area contributed by atoms with Crippen LogP contribution in [0.1, 0.15) is 20.7 Å². The molecule has 0 N–H and O–H groups in total. The van der Waals surface area contributed by atoms with Crippen molar-refractivity contribution >= 4 is 45.3 Å². The van der Waals surface area contributed by atoms with Gasteiger partial charge in [-0.1, -0.05) is 60.7 Å². The highest BCUT2D eigenvalue weighted by Gasteiger charge is 2.33. The minimum atomic E-state index is -0.301. The van der Waals surface area contributed by atoms with Gasteiger partial charge in [-0.15, -0.1) is 0 Å². The number of para-hydroxylation sites is 2. The van der Waals surface area contributed by atoms with Gasteiger partial charge in [0.05, 0.1) is 5.69 Å². The van der Waals surface area contributed by atoms with Crippen molar-refractivity contribution in [2.24, 2.45) is 0 Å². The lowest BCUT2D eigenvalue weighted by Gasteiger charge is -2.29. The van der Waals surface area contributed by atoms with E-state index in [2.05, 4.69) is 29.2 Å². The van der Waals surface area contributed by atoms with Crippen molar-refractivity contribution in [3.05, 3.63) is 132 Å². The monoisotopic (exact) mass is 440 g/mol. The highest BCUT2D eigenvalue weighted by molar-refractivity contribution is 6.35. The first-order valence-corrected chi connectivity index (χ1v) is 11.1. The Labute approximate surface area is 197 Å². The second kappa shape index (κ2) is 8.01. The van der Waals surface area contributed by atoms with Crippen LogP contribution in [0.25, 0.3) is 10.8 Å². The van der Waals surface area contributed by atoms with Crippen LogP contribution in [0.15, 0.2) is 121 Å². The summed E-state index contributed by atoms with van der Waals surface area (Å²) in [5, 5.41) is 1.63. The normalized spacial score (nSPS) is 12.8. The number of hydrogen-bond acceptors (Lipinski definition) is 3. The van der Waals surface area contributed by atoms with Crippen molar-refractivity contribution in [2.75, 3.05) is 9.80 Å². The number of carbonyl (C=O) groups excluding carboxylic acids is 2. The first-order valence-electron chi connectivity index (χ1n) is 11.1. The third kappa shape index (κ3) is 3.16. The van der Waals surface area contributed by atoms with Crippen LogP contribution in [-0.4, -0.2) is 11.8 Å². The van der Waals surface area contributed by atoms with Crippen LogP contribution in [0, 0.1) is 0 Å². The quantitative estimate of drug-likeness (QED) is 0.280. The molecule has 5 aromatic carbocycles. The maximum Gasteiger partial charge on any atom is 0.265 e. The zero-order chi connectivity index (χ0) is 23.1. The molecule has 5 aromatic rings. The molecule has 6 rings (SSSR count). The fraction of sp³-hybridized carbons (Fsp3) is 0. The number of hydrogen-bond donors (Lipinski definition) is 0. The first-order chi connectivity index (χ1) is 16.7. The van der Waals surface area contributed by atoms with Crippen LogP contribution >= 0.6 is 0 Å². The Morgan fingerprint density at radius 2 is 0.941 bits per heavy atom. The Hall–Kier alpha value is -4.70. The molecule has 0 bridgehead atoms. The van der Waals surface area contributed by atoms with E-state index >= 15 is 0 Å². The molecule has 0 atom stereocenters. The van der Waals surface area contributed by atoms with E-state index < -0.39 is 0 Å². The van der Waals surface area contributed by atoms with Gasteiger partial charge in [0.25, 0.3) is 11.8 Å². The van der Waals surface area contributed by atoms with Crippen LogP contribution in [0.3, 0.4) is 0 Å². The van der Waals surface area contributed by atoms with E-state index in [9.17, 15) is 9.59 Å². The highest BCUT2D eigenvalue weighted by Crippen LogP contribution is 2.37. The number of anilines is 4. The molecule has 0 radical (unpaired) electrons. The van der Waals surface area contributed by atoms with Crippen molar-refractivity contribution in [1.29, 1.82) is 0 Å². The average Bonchev–Trinajstić information content (AvgIpc) is 2.89. The van der Waals surface area contributed by atoms with Gasteiger partial charge in [0, 0.05) is 33.6 Å². The Morgan fingerprint density at radius 3 is 1.44 bits per heavy atom. The van der Waals surface area contributed by atoms with Crippen LogP contribution in [-0.2, 0) is 0 Å². The van der Waals surface area contributed by atoms with Gasteiger partial charge >= 0.3 is 0 Å². The van der Waals surface area contributed by atoms with Crippen molar-refractivity contribution in [2.45, 2.75) is 0 Å². The summed E-state index contributed by atoms with van der Waals surface area (Å²) in [6.07, 6.45) is 0. The zero-order valence-corrected chi connectivity index (χ0v) is 18.3. The molecule has 1 heterocycles. The lowest BCUT2D eigenvalue weighted by atomic mass is 9.94. The van der Waals surface area contributed by atoms with Crippen LogP contribution < -0.4 is 9.80 Å². The summed E-state index contributed by atoms with van der Waals surface area (Å²) in [4.78, 5) is 30.2. The van der Waals surface area contributed by atoms with Gasteiger partial charge in [0.15, 0.2) is 0 Å². The number of nitrogens with zero attached hydrogens (tertiary/aromatic N) is 2. The number of carbonyl (C=O) groups is 2. The van der Waals surface area contributed by atoms with Crippen LogP contribution in [0.4, 0.5) is 22.7 Å². The molecule has 0 unspecified atom stereocenters. The van der Waals surface area contributed by atoms with E-state index in [1.807, 2.05) is 84.9 Å². The topological polar surface area (TPSA) is 40.6 Å². The van der Waals surface area contributed by atoms with Crippen molar-refractivity contribution in [3.63, 3.8) is 0 Å². The number of rotatable bonds is 4. The fourth-order valence-electron chi connectivity index (χ4n) is 4.62. The molecule has 34 heavy (non-hydrogen) atoms. The molecule has 0 fully saturated rings. The van der Waals surface area contributed by atoms with Gasteiger partial charge in [0.2, 0.25) is 0 Å². The summed E-state index contributed by atoms with van der Waals surface area (Å²) in [5.74, 6) is -0.602.